The first-order chi connectivity index (χ1) is 8.29. The van der Waals surface area contributed by atoms with Crippen molar-refractivity contribution in [3.63, 3.8) is 0 Å². The van der Waals surface area contributed by atoms with Gasteiger partial charge in [-0.15, -0.1) is 0 Å². The third-order valence-electron chi connectivity index (χ3n) is 3.40. The molecule has 0 heterocycles. The van der Waals surface area contributed by atoms with E-state index in [-0.39, 0.29) is 0 Å². The van der Waals surface area contributed by atoms with Crippen molar-refractivity contribution in [3.05, 3.63) is 23.8 Å². The highest BCUT2D eigenvalue weighted by Crippen LogP contribution is 2.23. The summed E-state index contributed by atoms with van der Waals surface area (Å²) in [6.45, 7) is 0. The molecule has 0 unspecified atom stereocenters. The minimum absolute atomic E-state index is 0.552. The molecule has 1 aromatic carbocycles. The monoisotopic (exact) mass is 229 g/mol. The predicted octanol–water partition coefficient (Wildman–Crippen LogP) is 3.28. The van der Waals surface area contributed by atoms with Crippen LogP contribution >= 0.6 is 0 Å². The van der Waals surface area contributed by atoms with Crippen molar-refractivity contribution in [1.82, 2.24) is 0 Å². The molecular weight excluding hydrogens is 210 g/mol. The summed E-state index contributed by atoms with van der Waals surface area (Å²) in [4.78, 5) is 0. The van der Waals surface area contributed by atoms with Gasteiger partial charge in [-0.3, -0.25) is 0 Å². The molecule has 1 saturated carbocycles. The van der Waals surface area contributed by atoms with Gasteiger partial charge in [-0.25, -0.2) is 0 Å². The topological polar surface area (TPSA) is 61.8 Å². The molecule has 1 aliphatic carbocycles. The van der Waals surface area contributed by atoms with Crippen LogP contribution in [0.3, 0.4) is 0 Å². The maximum atomic E-state index is 8.82. The molecule has 0 aliphatic heterocycles. The first kappa shape index (κ1) is 11.8. The van der Waals surface area contributed by atoms with Crippen molar-refractivity contribution < 1.29 is 0 Å². The summed E-state index contributed by atoms with van der Waals surface area (Å²) in [5.74, 6) is 0. The number of nitrogens with two attached hydrogens (primary N) is 1. The average Bonchev–Trinajstić information content (AvgIpc) is 2.58. The van der Waals surface area contributed by atoms with Gasteiger partial charge in [-0.2, -0.15) is 5.26 Å². The zero-order valence-electron chi connectivity index (χ0n) is 10.1. The molecule has 0 saturated heterocycles. The number of nitrogens with one attached hydrogen (secondary N) is 1. The number of benzene rings is 1. The Kier molecular flexibility index (Phi) is 3.87. The van der Waals surface area contributed by atoms with Crippen LogP contribution in [0.25, 0.3) is 0 Å². The summed E-state index contributed by atoms with van der Waals surface area (Å²) >= 11 is 0. The zero-order chi connectivity index (χ0) is 12.1. The maximum absolute atomic E-state index is 8.82. The van der Waals surface area contributed by atoms with E-state index in [4.69, 9.17) is 11.0 Å². The lowest BCUT2D eigenvalue weighted by Gasteiger charge is -2.18. The van der Waals surface area contributed by atoms with E-state index in [1.807, 2.05) is 12.1 Å². The summed E-state index contributed by atoms with van der Waals surface area (Å²) in [6.07, 6.45) is 7.80. The Morgan fingerprint density at radius 3 is 2.47 bits per heavy atom. The highest BCUT2D eigenvalue weighted by Gasteiger charge is 2.12. The molecule has 3 N–H and O–H groups in total. The Balaban J connectivity index is 2.03. The van der Waals surface area contributed by atoms with Crippen molar-refractivity contribution in [2.75, 3.05) is 11.1 Å². The Morgan fingerprint density at radius 2 is 1.88 bits per heavy atom. The number of hydrogen-bond donors (Lipinski definition) is 2. The van der Waals surface area contributed by atoms with Gasteiger partial charge in [0.15, 0.2) is 0 Å². The highest BCUT2D eigenvalue weighted by molar-refractivity contribution is 5.62. The van der Waals surface area contributed by atoms with E-state index in [0.717, 1.165) is 5.69 Å². The normalized spacial score (nSPS) is 17.1. The molecule has 0 bridgehead atoms. The molecule has 3 heteroatoms. The highest BCUT2D eigenvalue weighted by atomic mass is 14.9. The van der Waals surface area contributed by atoms with Gasteiger partial charge in [0.1, 0.15) is 6.07 Å². The van der Waals surface area contributed by atoms with Crippen molar-refractivity contribution in [2.24, 2.45) is 0 Å². The minimum Gasteiger partial charge on any atom is -0.398 e. The number of rotatable bonds is 2. The van der Waals surface area contributed by atoms with Gasteiger partial charge in [0.05, 0.1) is 11.3 Å². The van der Waals surface area contributed by atoms with Gasteiger partial charge in [-0.05, 0) is 31.0 Å². The molecule has 0 spiro atoms. The lowest BCUT2D eigenvalue weighted by Crippen LogP contribution is -2.18. The number of hydrogen-bond acceptors (Lipinski definition) is 3. The van der Waals surface area contributed by atoms with E-state index >= 15 is 0 Å². The summed E-state index contributed by atoms with van der Waals surface area (Å²) in [5, 5.41) is 12.3. The van der Waals surface area contributed by atoms with Crippen LogP contribution in [0.5, 0.6) is 0 Å². The molecule has 0 aromatic heterocycles. The molecule has 2 rings (SSSR count). The van der Waals surface area contributed by atoms with Gasteiger partial charge in [0, 0.05) is 11.7 Å². The van der Waals surface area contributed by atoms with E-state index in [1.54, 1.807) is 6.07 Å². The smallest absolute Gasteiger partial charge is 0.101 e. The largest absolute Gasteiger partial charge is 0.398 e. The summed E-state index contributed by atoms with van der Waals surface area (Å²) < 4.78 is 0. The minimum atomic E-state index is 0.552. The van der Waals surface area contributed by atoms with Crippen molar-refractivity contribution in [2.45, 2.75) is 44.6 Å². The molecule has 1 aliphatic rings. The van der Waals surface area contributed by atoms with Gasteiger partial charge < -0.3 is 11.1 Å². The fraction of sp³-hybridized carbons (Fsp3) is 0.500. The predicted molar refractivity (Wildman–Crippen MR) is 70.7 cm³/mol. The second-order valence-corrected chi connectivity index (χ2v) is 4.75. The zero-order valence-corrected chi connectivity index (χ0v) is 10.1. The standard InChI is InChI=1S/C14H19N3/c15-10-11-7-8-13(9-14(11)16)17-12-5-3-1-2-4-6-12/h7-9,12,17H,1-6,16H2. The summed E-state index contributed by atoms with van der Waals surface area (Å²) in [7, 11) is 0. The first-order valence-corrected chi connectivity index (χ1v) is 6.36. The number of anilines is 2. The molecule has 1 fully saturated rings. The molecule has 90 valence electrons. The van der Waals surface area contributed by atoms with Crippen LogP contribution in [-0.4, -0.2) is 6.04 Å². The quantitative estimate of drug-likeness (QED) is 0.604. The van der Waals surface area contributed by atoms with Crippen LogP contribution in [0.15, 0.2) is 18.2 Å². The summed E-state index contributed by atoms with van der Waals surface area (Å²) in [6, 6.07) is 8.24. The van der Waals surface area contributed by atoms with Gasteiger partial charge in [0.25, 0.3) is 0 Å². The fourth-order valence-electron chi connectivity index (χ4n) is 2.41. The molecule has 0 atom stereocenters. The van der Waals surface area contributed by atoms with Gasteiger partial charge in [0.2, 0.25) is 0 Å². The van der Waals surface area contributed by atoms with Gasteiger partial charge >= 0.3 is 0 Å². The van der Waals surface area contributed by atoms with E-state index < -0.39 is 0 Å². The second-order valence-electron chi connectivity index (χ2n) is 4.75. The van der Waals surface area contributed by atoms with Gasteiger partial charge in [-0.1, -0.05) is 25.7 Å². The second kappa shape index (κ2) is 5.58. The molecule has 17 heavy (non-hydrogen) atoms. The third kappa shape index (κ3) is 3.13. The number of nitrogen functional groups attached to an aromatic ring is 1. The SMILES string of the molecule is N#Cc1ccc(NC2CCCCCC2)cc1N. The first-order valence-electron chi connectivity index (χ1n) is 6.36. The van der Waals surface area contributed by atoms with Crippen molar-refractivity contribution in [3.8, 4) is 6.07 Å². The Labute approximate surface area is 103 Å². The average molecular weight is 229 g/mol. The third-order valence-corrected chi connectivity index (χ3v) is 3.40. The van der Waals surface area contributed by atoms with Crippen LogP contribution in [0.2, 0.25) is 0 Å². The fourth-order valence-corrected chi connectivity index (χ4v) is 2.41. The molecule has 1 aromatic rings. The van der Waals surface area contributed by atoms with Crippen LogP contribution in [0.4, 0.5) is 11.4 Å². The van der Waals surface area contributed by atoms with Crippen LogP contribution in [0, 0.1) is 11.3 Å². The molecule has 0 radical (unpaired) electrons. The Hall–Kier alpha value is -1.69. The van der Waals surface area contributed by atoms with Crippen LogP contribution in [0.1, 0.15) is 44.1 Å². The van der Waals surface area contributed by atoms with E-state index in [2.05, 4.69) is 11.4 Å². The van der Waals surface area contributed by atoms with E-state index in [1.165, 1.54) is 38.5 Å². The lowest BCUT2D eigenvalue weighted by atomic mass is 10.1. The van der Waals surface area contributed by atoms with E-state index in [0.29, 0.717) is 17.3 Å². The molecule has 0 amide bonds. The van der Waals surface area contributed by atoms with Crippen LogP contribution < -0.4 is 11.1 Å². The van der Waals surface area contributed by atoms with Crippen molar-refractivity contribution in [1.29, 1.82) is 5.26 Å². The van der Waals surface area contributed by atoms with Crippen molar-refractivity contribution >= 4 is 11.4 Å². The Bertz CT molecular complexity index is 412. The Morgan fingerprint density at radius 1 is 1.18 bits per heavy atom. The van der Waals surface area contributed by atoms with E-state index in [9.17, 15) is 0 Å². The lowest BCUT2D eigenvalue weighted by molar-refractivity contribution is 0.620. The van der Waals surface area contributed by atoms with Crippen LogP contribution in [-0.2, 0) is 0 Å². The molecule has 3 nitrogen and oxygen atoms in total. The summed E-state index contributed by atoms with van der Waals surface area (Å²) in [5.41, 5.74) is 7.95. The number of nitriles is 1. The number of nitrogens with zero attached hydrogens (tertiary/aromatic N) is 1. The molecular formula is C14H19N3. The maximum Gasteiger partial charge on any atom is 0.101 e.